The smallest absolute Gasteiger partial charge is 0.248 e. The van der Waals surface area contributed by atoms with Gasteiger partial charge in [-0.1, -0.05) is 11.2 Å². The largest absolute Gasteiger partial charge is 0.444 e. The lowest BCUT2D eigenvalue weighted by Gasteiger charge is -2.15. The molecule has 0 radical (unpaired) electrons. The molecular formula is C16H16FN3O4S. The zero-order valence-electron chi connectivity index (χ0n) is 13.9. The average Bonchev–Trinajstić information content (AvgIpc) is 3.14. The SMILES string of the molecule is Cc1noc(C)c1S(=O)(=O)N(C)Cc1coc(-c2cccc(F)c2)n1. The molecule has 0 amide bonds. The predicted octanol–water partition coefficient (Wildman–Crippen LogP) is 2.91. The van der Waals surface area contributed by atoms with Crippen LogP contribution in [0.4, 0.5) is 4.39 Å². The van der Waals surface area contributed by atoms with Crippen molar-refractivity contribution < 1.29 is 21.7 Å². The van der Waals surface area contributed by atoms with Crippen LogP contribution in [0.1, 0.15) is 17.1 Å². The molecule has 9 heteroatoms. The zero-order chi connectivity index (χ0) is 18.2. The second-order valence-corrected chi connectivity index (χ2v) is 7.55. The van der Waals surface area contributed by atoms with E-state index in [0.29, 0.717) is 17.0 Å². The van der Waals surface area contributed by atoms with Crippen molar-refractivity contribution in [2.75, 3.05) is 7.05 Å². The van der Waals surface area contributed by atoms with Crippen molar-refractivity contribution in [3.05, 3.63) is 53.5 Å². The molecule has 0 spiro atoms. The van der Waals surface area contributed by atoms with Crippen LogP contribution in [0.5, 0.6) is 0 Å². The molecular weight excluding hydrogens is 349 g/mol. The monoisotopic (exact) mass is 365 g/mol. The Labute approximate surface area is 144 Å². The van der Waals surface area contributed by atoms with Crippen LogP contribution in [0.3, 0.4) is 0 Å². The van der Waals surface area contributed by atoms with Crippen LogP contribution >= 0.6 is 0 Å². The van der Waals surface area contributed by atoms with Gasteiger partial charge in [0.25, 0.3) is 0 Å². The number of benzene rings is 1. The summed E-state index contributed by atoms with van der Waals surface area (Å²) < 4.78 is 50.0. The number of rotatable bonds is 5. The first-order valence-electron chi connectivity index (χ1n) is 7.38. The quantitative estimate of drug-likeness (QED) is 0.691. The van der Waals surface area contributed by atoms with Gasteiger partial charge in [-0.2, -0.15) is 4.31 Å². The van der Waals surface area contributed by atoms with E-state index in [4.69, 9.17) is 8.94 Å². The predicted molar refractivity (Wildman–Crippen MR) is 86.5 cm³/mol. The van der Waals surface area contributed by atoms with E-state index < -0.39 is 15.8 Å². The van der Waals surface area contributed by atoms with Gasteiger partial charge in [0.2, 0.25) is 15.9 Å². The highest BCUT2D eigenvalue weighted by Gasteiger charge is 2.29. The standard InChI is InChI=1S/C16H16FN3O4S/c1-10-15(11(2)24-19-10)25(21,22)20(3)8-14-9-23-16(18-14)12-5-4-6-13(17)7-12/h4-7,9H,8H2,1-3H3. The van der Waals surface area contributed by atoms with Gasteiger partial charge in [-0.25, -0.2) is 17.8 Å². The molecule has 0 aliphatic carbocycles. The molecule has 0 N–H and O–H groups in total. The fraction of sp³-hybridized carbons (Fsp3) is 0.250. The molecule has 0 bridgehead atoms. The fourth-order valence-corrected chi connectivity index (χ4v) is 3.87. The van der Waals surface area contributed by atoms with Crippen molar-refractivity contribution in [2.45, 2.75) is 25.3 Å². The maximum Gasteiger partial charge on any atom is 0.248 e. The van der Waals surface area contributed by atoms with Crippen molar-refractivity contribution in [1.82, 2.24) is 14.4 Å². The van der Waals surface area contributed by atoms with Crippen LogP contribution in [-0.2, 0) is 16.6 Å². The Balaban J connectivity index is 1.83. The van der Waals surface area contributed by atoms with Gasteiger partial charge in [-0.05, 0) is 32.0 Å². The molecule has 7 nitrogen and oxygen atoms in total. The molecule has 2 heterocycles. The van der Waals surface area contributed by atoms with Gasteiger partial charge in [0.05, 0.1) is 12.2 Å². The summed E-state index contributed by atoms with van der Waals surface area (Å²) in [5.74, 6) is 0.0398. The summed E-state index contributed by atoms with van der Waals surface area (Å²) in [7, 11) is -2.35. The van der Waals surface area contributed by atoms with Crippen LogP contribution in [0.25, 0.3) is 11.5 Å². The van der Waals surface area contributed by atoms with Crippen molar-refractivity contribution in [3.8, 4) is 11.5 Å². The minimum atomic E-state index is -3.78. The van der Waals surface area contributed by atoms with E-state index in [1.807, 2.05) is 0 Å². The van der Waals surface area contributed by atoms with Crippen molar-refractivity contribution >= 4 is 10.0 Å². The van der Waals surface area contributed by atoms with E-state index in [1.54, 1.807) is 26.0 Å². The molecule has 0 aliphatic heterocycles. The molecule has 0 atom stereocenters. The highest BCUT2D eigenvalue weighted by atomic mass is 32.2. The Morgan fingerprint density at radius 1 is 1.28 bits per heavy atom. The third-order valence-electron chi connectivity index (χ3n) is 3.64. The minimum absolute atomic E-state index is 0.00872. The molecule has 0 fully saturated rings. The number of hydrogen-bond acceptors (Lipinski definition) is 6. The molecule has 25 heavy (non-hydrogen) atoms. The summed E-state index contributed by atoms with van der Waals surface area (Å²) in [6.07, 6.45) is 1.35. The molecule has 0 unspecified atom stereocenters. The Morgan fingerprint density at radius 3 is 2.68 bits per heavy atom. The molecule has 132 valence electrons. The van der Waals surface area contributed by atoms with Crippen molar-refractivity contribution in [2.24, 2.45) is 0 Å². The van der Waals surface area contributed by atoms with Crippen LogP contribution in [0.15, 0.2) is 44.4 Å². The summed E-state index contributed by atoms with van der Waals surface area (Å²) in [6, 6.07) is 5.81. The van der Waals surface area contributed by atoms with Crippen LogP contribution < -0.4 is 0 Å². The molecule has 0 aliphatic rings. The second kappa shape index (κ2) is 6.41. The second-order valence-electron chi connectivity index (χ2n) is 5.57. The number of aromatic nitrogens is 2. The van der Waals surface area contributed by atoms with E-state index >= 15 is 0 Å². The van der Waals surface area contributed by atoms with Gasteiger partial charge in [0.15, 0.2) is 5.76 Å². The third kappa shape index (κ3) is 3.33. The van der Waals surface area contributed by atoms with E-state index in [0.717, 1.165) is 4.31 Å². The lowest BCUT2D eigenvalue weighted by atomic mass is 10.2. The molecule has 0 saturated heterocycles. The fourth-order valence-electron chi connectivity index (χ4n) is 2.45. The highest BCUT2D eigenvalue weighted by Crippen LogP contribution is 2.24. The average molecular weight is 365 g/mol. The summed E-state index contributed by atoms with van der Waals surface area (Å²) in [6.45, 7) is 3.10. The van der Waals surface area contributed by atoms with E-state index in [-0.39, 0.29) is 23.1 Å². The molecule has 3 aromatic rings. The van der Waals surface area contributed by atoms with Gasteiger partial charge >= 0.3 is 0 Å². The zero-order valence-corrected chi connectivity index (χ0v) is 14.7. The first kappa shape index (κ1) is 17.3. The lowest BCUT2D eigenvalue weighted by molar-refractivity contribution is 0.389. The number of halogens is 1. The minimum Gasteiger partial charge on any atom is -0.444 e. The van der Waals surface area contributed by atoms with Gasteiger partial charge in [-0.15, -0.1) is 0 Å². The summed E-state index contributed by atoms with van der Waals surface area (Å²) in [5, 5.41) is 3.67. The summed E-state index contributed by atoms with van der Waals surface area (Å²) in [5.41, 5.74) is 1.17. The van der Waals surface area contributed by atoms with E-state index in [2.05, 4.69) is 10.1 Å². The first-order valence-corrected chi connectivity index (χ1v) is 8.82. The van der Waals surface area contributed by atoms with Crippen LogP contribution in [-0.4, -0.2) is 29.9 Å². The van der Waals surface area contributed by atoms with Gasteiger partial charge in [-0.3, -0.25) is 0 Å². The summed E-state index contributed by atoms with van der Waals surface area (Å²) in [4.78, 5) is 4.27. The van der Waals surface area contributed by atoms with Gasteiger partial charge < -0.3 is 8.94 Å². The maximum atomic E-state index is 13.3. The lowest BCUT2D eigenvalue weighted by Crippen LogP contribution is -2.27. The Kier molecular flexibility index (Phi) is 4.44. The normalized spacial score (nSPS) is 12.0. The molecule has 0 saturated carbocycles. The maximum absolute atomic E-state index is 13.3. The van der Waals surface area contributed by atoms with Gasteiger partial charge in [0.1, 0.15) is 22.7 Å². The number of oxazole rings is 1. The molecule has 1 aromatic carbocycles. The van der Waals surface area contributed by atoms with E-state index in [9.17, 15) is 12.8 Å². The van der Waals surface area contributed by atoms with Crippen molar-refractivity contribution in [1.29, 1.82) is 0 Å². The van der Waals surface area contributed by atoms with Crippen molar-refractivity contribution in [3.63, 3.8) is 0 Å². The first-order chi connectivity index (χ1) is 11.8. The topological polar surface area (TPSA) is 89.4 Å². The van der Waals surface area contributed by atoms with Gasteiger partial charge in [0, 0.05) is 12.6 Å². The number of nitrogens with zero attached hydrogens (tertiary/aromatic N) is 3. The Morgan fingerprint density at radius 2 is 2.04 bits per heavy atom. The number of hydrogen-bond donors (Lipinski definition) is 0. The van der Waals surface area contributed by atoms with Crippen LogP contribution in [0, 0.1) is 19.7 Å². The van der Waals surface area contributed by atoms with Crippen LogP contribution in [0.2, 0.25) is 0 Å². The Bertz CT molecular complexity index is 991. The number of aryl methyl sites for hydroxylation is 2. The molecule has 3 rings (SSSR count). The van der Waals surface area contributed by atoms with E-state index in [1.165, 1.54) is 25.4 Å². The summed E-state index contributed by atoms with van der Waals surface area (Å²) >= 11 is 0. The molecule has 2 aromatic heterocycles. The number of sulfonamides is 1. The Hall–Kier alpha value is -2.52. The highest BCUT2D eigenvalue weighted by molar-refractivity contribution is 7.89. The third-order valence-corrected chi connectivity index (χ3v) is 5.69.